The monoisotopic (exact) mass is 215 g/mol. The molecule has 0 radical (unpaired) electrons. The van der Waals surface area contributed by atoms with Crippen LogP contribution >= 0.6 is 0 Å². The van der Waals surface area contributed by atoms with Crippen molar-refractivity contribution in [3.05, 3.63) is 29.3 Å². The number of anilines is 1. The summed E-state index contributed by atoms with van der Waals surface area (Å²) in [4.78, 5) is 13.1. The zero-order valence-corrected chi connectivity index (χ0v) is 8.94. The molecule has 1 aliphatic heterocycles. The number of carbonyl (C=O) groups is 1. The maximum absolute atomic E-state index is 11.1. The molecule has 3 heteroatoms. The van der Waals surface area contributed by atoms with E-state index in [1.165, 1.54) is 0 Å². The van der Waals surface area contributed by atoms with Crippen molar-refractivity contribution in [1.82, 2.24) is 0 Å². The van der Waals surface area contributed by atoms with Crippen molar-refractivity contribution in [3.8, 4) is 12.3 Å². The molecule has 1 aromatic carbocycles. The molecule has 1 heterocycles. The molecule has 1 N–H and O–H groups in total. The Kier molecular flexibility index (Phi) is 2.82. The molecule has 1 aliphatic rings. The molecule has 1 aromatic rings. The Morgan fingerprint density at radius 3 is 3.06 bits per heavy atom. The van der Waals surface area contributed by atoms with Gasteiger partial charge in [-0.3, -0.25) is 0 Å². The lowest BCUT2D eigenvalue weighted by atomic mass is 9.96. The van der Waals surface area contributed by atoms with Gasteiger partial charge in [-0.25, -0.2) is 4.79 Å². The fraction of sp³-hybridized carbons (Fsp3) is 0.308. The van der Waals surface area contributed by atoms with Crippen molar-refractivity contribution in [3.63, 3.8) is 0 Å². The van der Waals surface area contributed by atoms with E-state index in [1.807, 2.05) is 6.07 Å². The maximum Gasteiger partial charge on any atom is 0.336 e. The standard InChI is InChI=1S/C13H13NO2/c1-2-8-14-9-4-6-10-11(13(15)16)5-3-7-12(10)14/h1,3,5,7H,4,6,8-9H2,(H,15,16). The van der Waals surface area contributed by atoms with Crippen LogP contribution in [-0.4, -0.2) is 24.2 Å². The van der Waals surface area contributed by atoms with Crippen molar-refractivity contribution >= 4 is 11.7 Å². The predicted octanol–water partition coefficient (Wildman–Crippen LogP) is 1.77. The number of aromatic carboxylic acids is 1. The Bertz CT molecular complexity index is 459. The first kappa shape index (κ1) is 10.6. The lowest BCUT2D eigenvalue weighted by molar-refractivity contribution is 0.0695. The van der Waals surface area contributed by atoms with Gasteiger partial charge in [0.1, 0.15) is 0 Å². The van der Waals surface area contributed by atoms with Gasteiger partial charge >= 0.3 is 5.97 Å². The molecule has 0 aliphatic carbocycles. The zero-order valence-electron chi connectivity index (χ0n) is 8.94. The maximum atomic E-state index is 11.1. The van der Waals surface area contributed by atoms with Crippen LogP contribution in [0.3, 0.4) is 0 Å². The second-order valence-electron chi connectivity index (χ2n) is 3.84. The van der Waals surface area contributed by atoms with Crippen LogP contribution < -0.4 is 4.90 Å². The van der Waals surface area contributed by atoms with Crippen LogP contribution in [-0.2, 0) is 6.42 Å². The highest BCUT2D eigenvalue weighted by Crippen LogP contribution is 2.29. The van der Waals surface area contributed by atoms with Crippen LogP contribution in [0.4, 0.5) is 5.69 Å². The van der Waals surface area contributed by atoms with E-state index in [-0.39, 0.29) is 0 Å². The third kappa shape index (κ3) is 1.74. The summed E-state index contributed by atoms with van der Waals surface area (Å²) in [6, 6.07) is 5.37. The van der Waals surface area contributed by atoms with Crippen LogP contribution in [0, 0.1) is 12.3 Å². The highest BCUT2D eigenvalue weighted by atomic mass is 16.4. The van der Waals surface area contributed by atoms with E-state index in [0.717, 1.165) is 30.6 Å². The number of fused-ring (bicyclic) bond motifs is 1. The van der Waals surface area contributed by atoms with Gasteiger partial charge in [-0.05, 0) is 30.5 Å². The molecular weight excluding hydrogens is 202 g/mol. The van der Waals surface area contributed by atoms with E-state index in [9.17, 15) is 4.79 Å². The molecule has 0 bridgehead atoms. The summed E-state index contributed by atoms with van der Waals surface area (Å²) in [5.74, 6) is 1.74. The number of hydrogen-bond donors (Lipinski definition) is 1. The third-order valence-electron chi connectivity index (χ3n) is 2.86. The van der Waals surface area contributed by atoms with Gasteiger partial charge in [0.05, 0.1) is 12.1 Å². The van der Waals surface area contributed by atoms with Gasteiger partial charge in [-0.2, -0.15) is 0 Å². The Morgan fingerprint density at radius 1 is 1.56 bits per heavy atom. The summed E-state index contributed by atoms with van der Waals surface area (Å²) in [7, 11) is 0. The van der Waals surface area contributed by atoms with E-state index >= 15 is 0 Å². The van der Waals surface area contributed by atoms with E-state index in [1.54, 1.807) is 12.1 Å². The van der Waals surface area contributed by atoms with Gasteiger partial charge < -0.3 is 10.0 Å². The highest BCUT2D eigenvalue weighted by molar-refractivity contribution is 5.91. The summed E-state index contributed by atoms with van der Waals surface area (Å²) in [5.41, 5.74) is 2.29. The van der Waals surface area contributed by atoms with E-state index in [4.69, 9.17) is 11.5 Å². The topological polar surface area (TPSA) is 40.5 Å². The summed E-state index contributed by atoms with van der Waals surface area (Å²) in [5, 5.41) is 9.10. The largest absolute Gasteiger partial charge is 0.478 e. The molecule has 0 amide bonds. The normalized spacial score (nSPS) is 14.1. The Hall–Kier alpha value is -1.95. The Morgan fingerprint density at radius 2 is 2.38 bits per heavy atom. The smallest absolute Gasteiger partial charge is 0.336 e. The summed E-state index contributed by atoms with van der Waals surface area (Å²) in [6.45, 7) is 1.44. The molecule has 0 saturated carbocycles. The van der Waals surface area contributed by atoms with Gasteiger partial charge in [-0.15, -0.1) is 6.42 Å². The fourth-order valence-corrected chi connectivity index (χ4v) is 2.18. The van der Waals surface area contributed by atoms with Crippen LogP contribution in [0.5, 0.6) is 0 Å². The summed E-state index contributed by atoms with van der Waals surface area (Å²) in [6.07, 6.45) is 7.08. The lowest BCUT2D eigenvalue weighted by Crippen LogP contribution is -2.30. The number of nitrogens with zero attached hydrogens (tertiary/aromatic N) is 1. The highest BCUT2D eigenvalue weighted by Gasteiger charge is 2.20. The zero-order chi connectivity index (χ0) is 11.5. The summed E-state index contributed by atoms with van der Waals surface area (Å²) < 4.78 is 0. The molecular formula is C13H13NO2. The first-order chi connectivity index (χ1) is 7.74. The molecule has 0 fully saturated rings. The molecule has 0 spiro atoms. The molecule has 3 nitrogen and oxygen atoms in total. The minimum absolute atomic E-state index is 0.402. The van der Waals surface area contributed by atoms with Gasteiger partial charge in [0.25, 0.3) is 0 Å². The van der Waals surface area contributed by atoms with Crippen molar-refractivity contribution < 1.29 is 9.90 Å². The van der Waals surface area contributed by atoms with Gasteiger partial charge in [-0.1, -0.05) is 12.0 Å². The molecule has 2 rings (SSSR count). The average molecular weight is 215 g/mol. The van der Waals surface area contributed by atoms with E-state index in [0.29, 0.717) is 12.1 Å². The SMILES string of the molecule is C#CCN1CCCc2c(C(=O)O)cccc21. The molecule has 0 atom stereocenters. The second kappa shape index (κ2) is 4.28. The fourth-order valence-electron chi connectivity index (χ4n) is 2.18. The van der Waals surface area contributed by atoms with Crippen molar-refractivity contribution in [2.75, 3.05) is 18.0 Å². The van der Waals surface area contributed by atoms with E-state index in [2.05, 4.69) is 10.8 Å². The molecule has 16 heavy (non-hydrogen) atoms. The average Bonchev–Trinajstić information content (AvgIpc) is 2.29. The van der Waals surface area contributed by atoms with E-state index < -0.39 is 5.97 Å². The minimum Gasteiger partial charge on any atom is -0.478 e. The number of hydrogen-bond acceptors (Lipinski definition) is 2. The Balaban J connectivity index is 2.47. The van der Waals surface area contributed by atoms with Crippen LogP contribution in [0.2, 0.25) is 0 Å². The van der Waals surface area contributed by atoms with Crippen LogP contribution in [0.15, 0.2) is 18.2 Å². The van der Waals surface area contributed by atoms with Gasteiger partial charge in [0, 0.05) is 12.2 Å². The third-order valence-corrected chi connectivity index (χ3v) is 2.86. The predicted molar refractivity (Wildman–Crippen MR) is 62.8 cm³/mol. The minimum atomic E-state index is -0.862. The first-order valence-corrected chi connectivity index (χ1v) is 5.27. The number of benzene rings is 1. The van der Waals surface area contributed by atoms with Crippen LogP contribution in [0.1, 0.15) is 22.3 Å². The summed E-state index contributed by atoms with van der Waals surface area (Å²) >= 11 is 0. The number of carboxylic acids is 1. The second-order valence-corrected chi connectivity index (χ2v) is 3.84. The molecule has 82 valence electrons. The van der Waals surface area contributed by atoms with Crippen molar-refractivity contribution in [2.24, 2.45) is 0 Å². The van der Waals surface area contributed by atoms with Crippen molar-refractivity contribution in [1.29, 1.82) is 0 Å². The number of terminal acetylenes is 1. The number of carboxylic acid groups (broad SMARTS) is 1. The van der Waals surface area contributed by atoms with Crippen LogP contribution in [0.25, 0.3) is 0 Å². The quantitative estimate of drug-likeness (QED) is 0.764. The molecule has 0 aromatic heterocycles. The van der Waals surface area contributed by atoms with Gasteiger partial charge in [0.2, 0.25) is 0 Å². The number of rotatable bonds is 2. The molecule has 0 saturated heterocycles. The van der Waals surface area contributed by atoms with Gasteiger partial charge in [0.15, 0.2) is 0 Å². The lowest BCUT2D eigenvalue weighted by Gasteiger charge is -2.30. The first-order valence-electron chi connectivity index (χ1n) is 5.27. The van der Waals surface area contributed by atoms with Crippen molar-refractivity contribution in [2.45, 2.75) is 12.8 Å². The molecule has 0 unspecified atom stereocenters. The Labute approximate surface area is 94.7 Å².